The molecule has 0 fully saturated rings. The molecule has 0 bridgehead atoms. The van der Waals surface area contributed by atoms with Gasteiger partial charge in [0.25, 0.3) is 0 Å². The molecule has 1 aliphatic heterocycles. The van der Waals surface area contributed by atoms with Crippen LogP contribution in [0.3, 0.4) is 0 Å². The molecule has 64 valence electrons. The van der Waals surface area contributed by atoms with Crippen molar-refractivity contribution in [1.82, 2.24) is 0 Å². The van der Waals surface area contributed by atoms with Crippen molar-refractivity contribution in [3.63, 3.8) is 0 Å². The van der Waals surface area contributed by atoms with E-state index in [1.807, 2.05) is 24.3 Å². The van der Waals surface area contributed by atoms with E-state index < -0.39 is 6.23 Å². The highest BCUT2D eigenvalue weighted by Gasteiger charge is 2.21. The summed E-state index contributed by atoms with van der Waals surface area (Å²) in [6.45, 7) is 0. The minimum Gasteiger partial charge on any atom is -0.372 e. The smallest absolute Gasteiger partial charge is 0.140 e. The molecule has 2 unspecified atom stereocenters. The van der Waals surface area contributed by atoms with Crippen molar-refractivity contribution in [2.24, 2.45) is 5.73 Å². The van der Waals surface area contributed by atoms with E-state index in [1.54, 1.807) is 0 Å². The first kappa shape index (κ1) is 7.58. The van der Waals surface area contributed by atoms with Gasteiger partial charge in [0.05, 0.1) is 6.04 Å². The number of nitrogens with one attached hydrogen (secondary N) is 1. The lowest BCUT2D eigenvalue weighted by molar-refractivity contribution is 0.167. The largest absolute Gasteiger partial charge is 0.372 e. The van der Waals surface area contributed by atoms with E-state index in [0.29, 0.717) is 0 Å². The highest BCUT2D eigenvalue weighted by Crippen LogP contribution is 2.22. The third kappa shape index (κ3) is 1.17. The maximum Gasteiger partial charge on any atom is 0.140 e. The molecule has 1 heterocycles. The minimum atomic E-state index is -0.611. The first-order chi connectivity index (χ1) is 5.77. The summed E-state index contributed by atoms with van der Waals surface area (Å²) in [7, 11) is 0. The molecule has 4 N–H and O–H groups in total. The van der Waals surface area contributed by atoms with Crippen molar-refractivity contribution in [3.8, 4) is 0 Å². The van der Waals surface area contributed by atoms with Crippen LogP contribution in [-0.2, 0) is 6.42 Å². The lowest BCUT2D eigenvalue weighted by Crippen LogP contribution is -2.44. The van der Waals surface area contributed by atoms with Crippen molar-refractivity contribution >= 4 is 5.69 Å². The molecular formula is C9H12N2O. The number of nitrogens with two attached hydrogens (primary N) is 1. The Balaban J connectivity index is 2.34. The van der Waals surface area contributed by atoms with E-state index in [9.17, 15) is 5.11 Å². The molecule has 0 spiro atoms. The molecule has 12 heavy (non-hydrogen) atoms. The molecule has 1 aliphatic rings. The summed E-state index contributed by atoms with van der Waals surface area (Å²) in [5.41, 5.74) is 7.85. The second-order valence-electron chi connectivity index (χ2n) is 3.11. The Bertz CT molecular complexity index is 259. The van der Waals surface area contributed by atoms with Gasteiger partial charge in [-0.1, -0.05) is 18.2 Å². The number of benzene rings is 1. The number of para-hydroxylation sites is 1. The molecule has 3 nitrogen and oxygen atoms in total. The Morgan fingerprint density at radius 1 is 1.42 bits per heavy atom. The van der Waals surface area contributed by atoms with E-state index in [0.717, 1.165) is 12.1 Å². The highest BCUT2D eigenvalue weighted by atomic mass is 16.3. The van der Waals surface area contributed by atoms with Crippen molar-refractivity contribution in [3.05, 3.63) is 29.8 Å². The van der Waals surface area contributed by atoms with Crippen LogP contribution < -0.4 is 11.1 Å². The Morgan fingerprint density at radius 3 is 3.00 bits per heavy atom. The van der Waals surface area contributed by atoms with Crippen LogP contribution in [0.25, 0.3) is 0 Å². The van der Waals surface area contributed by atoms with E-state index >= 15 is 0 Å². The first-order valence-electron chi connectivity index (χ1n) is 4.05. The van der Waals surface area contributed by atoms with E-state index in [4.69, 9.17) is 5.73 Å². The van der Waals surface area contributed by atoms with Gasteiger partial charge >= 0.3 is 0 Å². The van der Waals surface area contributed by atoms with Crippen molar-refractivity contribution < 1.29 is 5.11 Å². The lowest BCUT2D eigenvalue weighted by atomic mass is 9.99. The predicted octanol–water partition coefficient (Wildman–Crippen LogP) is 0.300. The summed E-state index contributed by atoms with van der Waals surface area (Å²) in [5, 5.41) is 12.3. The fourth-order valence-corrected chi connectivity index (χ4v) is 1.47. The van der Waals surface area contributed by atoms with Gasteiger partial charge < -0.3 is 16.2 Å². The summed E-state index contributed by atoms with van der Waals surface area (Å²) >= 11 is 0. The van der Waals surface area contributed by atoms with E-state index in [2.05, 4.69) is 5.32 Å². The van der Waals surface area contributed by atoms with Gasteiger partial charge in [-0.05, 0) is 18.1 Å². The van der Waals surface area contributed by atoms with Crippen LogP contribution in [0.4, 0.5) is 5.69 Å². The summed E-state index contributed by atoms with van der Waals surface area (Å²) in [5.74, 6) is 0. The number of anilines is 1. The molecule has 0 saturated heterocycles. The van der Waals surface area contributed by atoms with Gasteiger partial charge in [0.15, 0.2) is 0 Å². The molecule has 1 aromatic carbocycles. The van der Waals surface area contributed by atoms with Crippen LogP contribution in [0.5, 0.6) is 0 Å². The number of hydrogen-bond donors (Lipinski definition) is 3. The molecule has 2 atom stereocenters. The second-order valence-corrected chi connectivity index (χ2v) is 3.11. The average Bonchev–Trinajstić information content (AvgIpc) is 2.07. The molecule has 0 amide bonds. The maximum atomic E-state index is 9.39. The lowest BCUT2D eigenvalue weighted by Gasteiger charge is -2.28. The normalized spacial score (nSPS) is 27.5. The maximum absolute atomic E-state index is 9.39. The number of hydrogen-bond acceptors (Lipinski definition) is 3. The zero-order valence-electron chi connectivity index (χ0n) is 6.70. The molecular weight excluding hydrogens is 152 g/mol. The fraction of sp³-hybridized carbons (Fsp3) is 0.333. The van der Waals surface area contributed by atoms with Crippen molar-refractivity contribution in [1.29, 1.82) is 0 Å². The molecule has 3 heteroatoms. The van der Waals surface area contributed by atoms with Crippen LogP contribution in [0.2, 0.25) is 0 Å². The predicted molar refractivity (Wildman–Crippen MR) is 47.8 cm³/mol. The van der Waals surface area contributed by atoms with E-state index in [-0.39, 0.29) is 6.04 Å². The van der Waals surface area contributed by atoms with Gasteiger partial charge in [0.1, 0.15) is 6.23 Å². The number of aliphatic hydroxyl groups excluding tert-OH is 1. The van der Waals surface area contributed by atoms with Gasteiger partial charge in [-0.2, -0.15) is 0 Å². The molecule has 0 radical (unpaired) electrons. The van der Waals surface area contributed by atoms with Gasteiger partial charge in [-0.3, -0.25) is 0 Å². The molecule has 0 saturated carbocycles. The molecule has 0 aromatic heterocycles. The summed E-state index contributed by atoms with van der Waals surface area (Å²) < 4.78 is 0. The Hall–Kier alpha value is -1.06. The van der Waals surface area contributed by atoms with Gasteiger partial charge in [-0.15, -0.1) is 0 Å². The SMILES string of the molecule is NC1Cc2ccccc2NC1O. The summed E-state index contributed by atoms with van der Waals surface area (Å²) in [4.78, 5) is 0. The van der Waals surface area contributed by atoms with Crippen LogP contribution in [0.15, 0.2) is 24.3 Å². The molecule has 0 aliphatic carbocycles. The van der Waals surface area contributed by atoms with Crippen LogP contribution >= 0.6 is 0 Å². The van der Waals surface area contributed by atoms with Gasteiger partial charge in [0.2, 0.25) is 0 Å². The minimum absolute atomic E-state index is 0.195. The van der Waals surface area contributed by atoms with E-state index in [1.165, 1.54) is 5.56 Å². The average molecular weight is 164 g/mol. The Labute approximate surface area is 71.2 Å². The fourth-order valence-electron chi connectivity index (χ4n) is 1.47. The van der Waals surface area contributed by atoms with Crippen LogP contribution in [0.1, 0.15) is 5.56 Å². The Morgan fingerprint density at radius 2 is 2.17 bits per heavy atom. The number of rotatable bonds is 0. The first-order valence-corrected chi connectivity index (χ1v) is 4.05. The van der Waals surface area contributed by atoms with Crippen molar-refractivity contribution in [2.75, 3.05) is 5.32 Å². The quantitative estimate of drug-likeness (QED) is 0.517. The third-order valence-corrected chi connectivity index (χ3v) is 2.18. The number of aliphatic hydroxyl groups is 1. The number of fused-ring (bicyclic) bond motifs is 1. The summed E-state index contributed by atoms with van der Waals surface area (Å²) in [6.07, 6.45) is 0.129. The monoisotopic (exact) mass is 164 g/mol. The van der Waals surface area contributed by atoms with Crippen LogP contribution in [-0.4, -0.2) is 17.4 Å². The zero-order valence-corrected chi connectivity index (χ0v) is 6.70. The van der Waals surface area contributed by atoms with Crippen molar-refractivity contribution in [2.45, 2.75) is 18.7 Å². The standard InChI is InChI=1S/C9H12N2O/c10-7-5-6-3-1-2-4-8(6)11-9(7)12/h1-4,7,9,11-12H,5,10H2. The molecule has 1 aromatic rings. The van der Waals surface area contributed by atoms with Gasteiger partial charge in [-0.25, -0.2) is 0 Å². The van der Waals surface area contributed by atoms with Crippen LogP contribution in [0, 0.1) is 0 Å². The Kier molecular flexibility index (Phi) is 1.75. The second kappa shape index (κ2) is 2.77. The van der Waals surface area contributed by atoms with Gasteiger partial charge in [0, 0.05) is 5.69 Å². The summed E-state index contributed by atoms with van der Waals surface area (Å²) in [6, 6.07) is 7.69. The zero-order chi connectivity index (χ0) is 8.55. The highest BCUT2D eigenvalue weighted by molar-refractivity contribution is 5.54. The molecule has 2 rings (SSSR count). The third-order valence-electron chi connectivity index (χ3n) is 2.18. The topological polar surface area (TPSA) is 58.3 Å².